The molecule has 12 rings (SSSR count). The molecule has 8 aromatic carbocycles. The van der Waals surface area contributed by atoms with E-state index in [0.29, 0.717) is 104 Å². The minimum Gasteiger partial charge on any atom is -0.494 e. The van der Waals surface area contributed by atoms with E-state index in [2.05, 4.69) is 177 Å². The number of hydrogen-bond donors (Lipinski definition) is 0. The van der Waals surface area contributed by atoms with Crippen LogP contribution in [-0.2, 0) is 51.4 Å². The molecule has 96 heavy (non-hydrogen) atoms. The molecular formula is C84H100O12. The van der Waals surface area contributed by atoms with Crippen LogP contribution in [0.4, 0.5) is 0 Å². The average Bonchev–Trinajstić information content (AvgIpc) is 0.878. The van der Waals surface area contributed by atoms with E-state index in [1.54, 1.807) is 0 Å². The van der Waals surface area contributed by atoms with E-state index in [9.17, 15) is 0 Å². The van der Waals surface area contributed by atoms with Gasteiger partial charge in [0.05, 0.1) is 52.9 Å². The molecule has 2 aliphatic carbocycles. The van der Waals surface area contributed by atoms with Gasteiger partial charge in [0.2, 0.25) is 0 Å². The van der Waals surface area contributed by atoms with Crippen LogP contribution in [0.25, 0.3) is 0 Å². The highest BCUT2D eigenvalue weighted by molar-refractivity contribution is 5.61. The number of rotatable bonds is 24. The molecule has 0 saturated carbocycles. The smallest absolute Gasteiger partial charge is 0.126 e. The summed E-state index contributed by atoms with van der Waals surface area (Å²) in [7, 11) is 0. The second-order valence-electron chi connectivity index (χ2n) is 25.5. The number of benzene rings is 8. The van der Waals surface area contributed by atoms with Crippen molar-refractivity contribution >= 4 is 0 Å². The molecule has 20 bridgehead atoms. The van der Waals surface area contributed by atoms with Crippen LogP contribution >= 0.6 is 0 Å². The zero-order chi connectivity index (χ0) is 66.6. The van der Waals surface area contributed by atoms with Crippen LogP contribution in [0.5, 0.6) is 69.0 Å². The lowest BCUT2D eigenvalue weighted by Crippen LogP contribution is -2.16. The van der Waals surface area contributed by atoms with Gasteiger partial charge in [0, 0.05) is 95.9 Å². The summed E-state index contributed by atoms with van der Waals surface area (Å²) in [5.74, 6) is 9.70. The SMILES string of the molecule is CCCOc1cc2c(OCCC)c(c1)Cc1cccc3c1OCCOc1c4cccc1Cc1cc(OCCC)cc(c1OCCC)Cc1cccc(c1OCCOc1c(cccc1Cc1cc(OCCC)cc(c1OCCC)C3)C2)Cc1cc(OCCC)cc(c1OCCC)C4. The Morgan fingerprint density at radius 2 is 0.375 bits per heavy atom. The Bertz CT molecular complexity index is 3200. The van der Waals surface area contributed by atoms with E-state index in [-0.39, 0.29) is 26.4 Å². The third kappa shape index (κ3) is 16.9. The third-order valence-electron chi connectivity index (χ3n) is 17.5. The molecule has 0 N–H and O–H groups in total. The number of hydrogen-bond acceptors (Lipinski definition) is 12. The second kappa shape index (κ2) is 34.3. The van der Waals surface area contributed by atoms with E-state index in [0.717, 1.165) is 209 Å². The highest BCUT2D eigenvalue weighted by Crippen LogP contribution is 2.45. The van der Waals surface area contributed by atoms with Gasteiger partial charge >= 0.3 is 0 Å². The summed E-state index contributed by atoms with van der Waals surface area (Å²) in [5, 5.41) is 0. The topological polar surface area (TPSA) is 111 Å². The van der Waals surface area contributed by atoms with Gasteiger partial charge in [-0.1, -0.05) is 128 Å². The Labute approximate surface area is 570 Å². The lowest BCUT2D eigenvalue weighted by molar-refractivity contribution is 0.212. The number of fused-ring (bicyclic) bond motifs is 8. The molecule has 0 amide bonds. The second-order valence-corrected chi connectivity index (χ2v) is 25.5. The van der Waals surface area contributed by atoms with Gasteiger partial charge in [0.1, 0.15) is 95.4 Å². The molecule has 2 heterocycles. The first-order chi connectivity index (χ1) is 47.2. The van der Waals surface area contributed by atoms with Crippen LogP contribution in [0.1, 0.15) is 196 Å². The summed E-state index contributed by atoms with van der Waals surface area (Å²) in [6.07, 6.45) is 10.8. The predicted molar refractivity (Wildman–Crippen MR) is 382 cm³/mol. The fraction of sp³-hybridized carbons (Fsp3) is 0.429. The van der Waals surface area contributed by atoms with Gasteiger partial charge < -0.3 is 56.8 Å². The lowest BCUT2D eigenvalue weighted by Gasteiger charge is -2.25. The van der Waals surface area contributed by atoms with Gasteiger partial charge in [-0.05, 0) is 144 Å². The Kier molecular flexibility index (Phi) is 24.6. The maximum atomic E-state index is 7.38. The molecule has 8 aromatic rings. The molecule has 508 valence electrons. The maximum absolute atomic E-state index is 7.38. The van der Waals surface area contributed by atoms with Crippen molar-refractivity contribution in [1.82, 2.24) is 0 Å². The van der Waals surface area contributed by atoms with Crippen molar-refractivity contribution in [2.24, 2.45) is 0 Å². The van der Waals surface area contributed by atoms with E-state index >= 15 is 0 Å². The monoisotopic (exact) mass is 1300 g/mol. The van der Waals surface area contributed by atoms with E-state index in [1.807, 2.05) is 0 Å². The van der Waals surface area contributed by atoms with Crippen LogP contribution in [0, 0.1) is 0 Å². The summed E-state index contributed by atoms with van der Waals surface area (Å²) < 4.78 is 83.9. The Balaban J connectivity index is 1.18. The molecule has 0 radical (unpaired) electrons. The van der Waals surface area contributed by atoms with Gasteiger partial charge in [0.25, 0.3) is 0 Å². The van der Waals surface area contributed by atoms with Crippen LogP contribution in [0.3, 0.4) is 0 Å². The molecule has 12 heteroatoms. The van der Waals surface area contributed by atoms with Crippen LogP contribution in [-0.4, -0.2) is 79.3 Å². The van der Waals surface area contributed by atoms with Crippen molar-refractivity contribution in [3.05, 3.63) is 210 Å². The van der Waals surface area contributed by atoms with Crippen LogP contribution < -0.4 is 56.8 Å². The molecule has 4 aliphatic rings. The minimum absolute atomic E-state index is 0.232. The molecule has 0 aromatic heterocycles. The fourth-order valence-corrected chi connectivity index (χ4v) is 13.3. The minimum atomic E-state index is 0.232. The third-order valence-corrected chi connectivity index (χ3v) is 17.5. The fourth-order valence-electron chi connectivity index (χ4n) is 13.3. The van der Waals surface area contributed by atoms with E-state index in [1.165, 1.54) is 0 Å². The van der Waals surface area contributed by atoms with Crippen molar-refractivity contribution < 1.29 is 56.8 Å². The molecule has 12 nitrogen and oxygen atoms in total. The molecule has 0 atom stereocenters. The average molecular weight is 1300 g/mol. The Morgan fingerprint density at radius 1 is 0.219 bits per heavy atom. The van der Waals surface area contributed by atoms with Gasteiger partial charge in [0.15, 0.2) is 0 Å². The lowest BCUT2D eigenvalue weighted by atomic mass is 9.91. The zero-order valence-corrected chi connectivity index (χ0v) is 58.2. The van der Waals surface area contributed by atoms with Gasteiger partial charge in [-0.25, -0.2) is 0 Å². The summed E-state index contributed by atoms with van der Waals surface area (Å²) in [4.78, 5) is 0. The van der Waals surface area contributed by atoms with Crippen molar-refractivity contribution in [3.63, 3.8) is 0 Å². The number of para-hydroxylation sites is 4. The van der Waals surface area contributed by atoms with Crippen LogP contribution in [0.15, 0.2) is 121 Å². The molecule has 0 saturated heterocycles. The summed E-state index contributed by atoms with van der Waals surface area (Å²) in [5.41, 5.74) is 16.1. The highest BCUT2D eigenvalue weighted by atomic mass is 16.5. The standard InChI is InChI=1S/C84H100O12/c1-9-29-85-73-49-65-41-57-21-17-23-59-43-67-51-74(86-30-10-2)52-68(82(67)90-34-14-6)44-60-24-18-22-58(42-66(50-73)81(65)89-33-13-5)78(60)94-38-40-96-80-62-26-20-28-64(80)48-72-56-76(88-32-12-4)55-71(84(72)92-36-16-8)47-63-27-19-25-61(79(63)95-39-37-93-77(57)59)45-69-53-75(87-31-11-3)54-70(46-62)83(69)91-35-15-7/h17-28,49-56H,9-16,29-48H2,1-8H3. The van der Waals surface area contributed by atoms with Crippen molar-refractivity contribution in [2.75, 3.05) is 79.3 Å². The summed E-state index contributed by atoms with van der Waals surface area (Å²) in [6, 6.07) is 43.5. The van der Waals surface area contributed by atoms with Crippen LogP contribution in [0.2, 0.25) is 0 Å². The predicted octanol–water partition coefficient (Wildman–Crippen LogP) is 18.6. The van der Waals surface area contributed by atoms with Gasteiger partial charge in [-0.15, -0.1) is 0 Å². The van der Waals surface area contributed by atoms with E-state index in [4.69, 9.17) is 56.8 Å². The molecular weight excluding hydrogens is 1200 g/mol. The first-order valence-corrected chi connectivity index (χ1v) is 35.8. The normalized spacial score (nSPS) is 13.5. The Morgan fingerprint density at radius 3 is 0.531 bits per heavy atom. The Hall–Kier alpha value is -8.64. The molecule has 2 aliphatic heterocycles. The highest BCUT2D eigenvalue weighted by Gasteiger charge is 2.28. The molecule has 0 fully saturated rings. The van der Waals surface area contributed by atoms with Crippen molar-refractivity contribution in [1.29, 1.82) is 0 Å². The van der Waals surface area contributed by atoms with Gasteiger partial charge in [-0.3, -0.25) is 0 Å². The first kappa shape index (κ1) is 68.7. The maximum Gasteiger partial charge on any atom is 0.126 e. The number of ether oxygens (including phenoxy) is 12. The quantitative estimate of drug-likeness (QED) is 0.0574. The van der Waals surface area contributed by atoms with E-state index < -0.39 is 0 Å². The summed E-state index contributed by atoms with van der Waals surface area (Å²) in [6.45, 7) is 22.6. The van der Waals surface area contributed by atoms with Crippen molar-refractivity contribution in [2.45, 2.75) is 158 Å². The molecule has 0 spiro atoms. The van der Waals surface area contributed by atoms with Gasteiger partial charge in [-0.2, -0.15) is 0 Å². The largest absolute Gasteiger partial charge is 0.494 e. The zero-order valence-electron chi connectivity index (χ0n) is 58.2. The van der Waals surface area contributed by atoms with Crippen molar-refractivity contribution in [3.8, 4) is 69.0 Å². The molecule has 0 unspecified atom stereocenters. The summed E-state index contributed by atoms with van der Waals surface area (Å²) >= 11 is 0. The first-order valence-electron chi connectivity index (χ1n) is 35.8.